The van der Waals surface area contributed by atoms with Gasteiger partial charge in [-0.3, -0.25) is 4.68 Å². The minimum atomic E-state index is 0.843. The average molecular weight is 243 g/mol. The van der Waals surface area contributed by atoms with Gasteiger partial charge in [0.25, 0.3) is 0 Å². The van der Waals surface area contributed by atoms with Crippen molar-refractivity contribution in [2.24, 2.45) is 0 Å². The molecule has 0 amide bonds. The molecule has 2 aromatic rings. The number of hydrogen-bond acceptors (Lipinski definition) is 2. The third-order valence-electron chi connectivity index (χ3n) is 2.91. The summed E-state index contributed by atoms with van der Waals surface area (Å²) in [6.45, 7) is 5.05. The lowest BCUT2D eigenvalue weighted by atomic mass is 10.2. The van der Waals surface area contributed by atoms with Crippen molar-refractivity contribution in [2.75, 3.05) is 6.54 Å². The molecule has 2 rings (SSSR count). The fraction of sp³-hybridized carbons (Fsp3) is 0.400. The Balaban J connectivity index is 1.83. The molecule has 0 spiro atoms. The fourth-order valence-electron chi connectivity index (χ4n) is 1.89. The van der Waals surface area contributed by atoms with Crippen molar-refractivity contribution < 1.29 is 0 Å². The number of unbranched alkanes of at least 4 members (excludes halogenated alkanes) is 1. The summed E-state index contributed by atoms with van der Waals surface area (Å²) in [7, 11) is 0. The molecule has 3 heteroatoms. The van der Waals surface area contributed by atoms with Gasteiger partial charge in [0.2, 0.25) is 0 Å². The van der Waals surface area contributed by atoms with Gasteiger partial charge in [-0.25, -0.2) is 0 Å². The normalized spacial score (nSPS) is 10.7. The zero-order valence-corrected chi connectivity index (χ0v) is 11.0. The van der Waals surface area contributed by atoms with Gasteiger partial charge in [-0.2, -0.15) is 5.10 Å². The Kier molecular flexibility index (Phi) is 4.97. The lowest BCUT2D eigenvalue weighted by Gasteiger charge is -2.02. The predicted octanol–water partition coefficient (Wildman–Crippen LogP) is 2.82. The average Bonchev–Trinajstić information content (AvgIpc) is 2.84. The SMILES string of the molecule is CCCCNCc1cnn(Cc2ccccc2)c1. The molecule has 0 aliphatic carbocycles. The van der Waals surface area contributed by atoms with Crippen molar-refractivity contribution >= 4 is 0 Å². The third kappa shape index (κ3) is 4.00. The van der Waals surface area contributed by atoms with Gasteiger partial charge in [-0.05, 0) is 18.5 Å². The first-order chi connectivity index (χ1) is 8.88. The van der Waals surface area contributed by atoms with Crippen LogP contribution in [-0.4, -0.2) is 16.3 Å². The molecule has 0 saturated carbocycles. The molecule has 1 aromatic heterocycles. The van der Waals surface area contributed by atoms with E-state index in [4.69, 9.17) is 0 Å². The molecule has 0 saturated heterocycles. The summed E-state index contributed by atoms with van der Waals surface area (Å²) < 4.78 is 1.99. The number of aromatic nitrogens is 2. The molecule has 0 atom stereocenters. The molecule has 0 aliphatic heterocycles. The van der Waals surface area contributed by atoms with Gasteiger partial charge in [0.05, 0.1) is 12.7 Å². The molecule has 1 aromatic carbocycles. The Morgan fingerprint density at radius 3 is 2.78 bits per heavy atom. The molecule has 18 heavy (non-hydrogen) atoms. The lowest BCUT2D eigenvalue weighted by molar-refractivity contribution is 0.639. The number of hydrogen-bond donors (Lipinski definition) is 1. The standard InChI is InChI=1S/C15H21N3/c1-2-3-9-16-10-15-11-17-18(13-15)12-14-7-5-4-6-8-14/h4-8,11,13,16H,2-3,9-10,12H2,1H3. The van der Waals surface area contributed by atoms with E-state index in [1.165, 1.54) is 24.0 Å². The van der Waals surface area contributed by atoms with Crippen LogP contribution < -0.4 is 5.32 Å². The first-order valence-corrected chi connectivity index (χ1v) is 6.64. The van der Waals surface area contributed by atoms with Crippen molar-refractivity contribution in [1.82, 2.24) is 15.1 Å². The van der Waals surface area contributed by atoms with E-state index in [0.717, 1.165) is 19.6 Å². The summed E-state index contributed by atoms with van der Waals surface area (Å²) in [5.41, 5.74) is 2.54. The Labute approximate surface area is 109 Å². The van der Waals surface area contributed by atoms with Gasteiger partial charge in [0, 0.05) is 18.3 Å². The molecule has 0 radical (unpaired) electrons. The topological polar surface area (TPSA) is 29.9 Å². The lowest BCUT2D eigenvalue weighted by Crippen LogP contribution is -2.13. The maximum atomic E-state index is 4.39. The zero-order chi connectivity index (χ0) is 12.6. The van der Waals surface area contributed by atoms with Crippen molar-refractivity contribution in [3.63, 3.8) is 0 Å². The molecule has 0 unspecified atom stereocenters. The second-order valence-corrected chi connectivity index (χ2v) is 4.56. The van der Waals surface area contributed by atoms with Gasteiger partial charge in [-0.1, -0.05) is 43.7 Å². The van der Waals surface area contributed by atoms with Crippen molar-refractivity contribution in [3.05, 3.63) is 53.9 Å². The van der Waals surface area contributed by atoms with Crippen LogP contribution in [0.3, 0.4) is 0 Å². The first-order valence-electron chi connectivity index (χ1n) is 6.64. The number of rotatable bonds is 7. The summed E-state index contributed by atoms with van der Waals surface area (Å²) in [6, 6.07) is 10.4. The number of nitrogens with zero attached hydrogens (tertiary/aromatic N) is 2. The smallest absolute Gasteiger partial charge is 0.0659 e. The molecule has 3 nitrogen and oxygen atoms in total. The molecule has 0 fully saturated rings. The van der Waals surface area contributed by atoms with E-state index < -0.39 is 0 Å². The van der Waals surface area contributed by atoms with Crippen LogP contribution in [0.15, 0.2) is 42.7 Å². The van der Waals surface area contributed by atoms with Crippen molar-refractivity contribution in [2.45, 2.75) is 32.9 Å². The molecular weight excluding hydrogens is 222 g/mol. The highest BCUT2D eigenvalue weighted by atomic mass is 15.3. The maximum absolute atomic E-state index is 4.39. The quantitative estimate of drug-likeness (QED) is 0.758. The van der Waals surface area contributed by atoms with E-state index in [1.54, 1.807) is 0 Å². The van der Waals surface area contributed by atoms with Crippen molar-refractivity contribution in [3.8, 4) is 0 Å². The number of nitrogens with one attached hydrogen (secondary N) is 1. The third-order valence-corrected chi connectivity index (χ3v) is 2.91. The van der Waals surface area contributed by atoms with E-state index >= 15 is 0 Å². The van der Waals surface area contributed by atoms with Crippen LogP contribution in [0, 0.1) is 0 Å². The molecule has 1 heterocycles. The van der Waals surface area contributed by atoms with Gasteiger partial charge in [0.15, 0.2) is 0 Å². The Bertz CT molecular complexity index is 448. The summed E-state index contributed by atoms with van der Waals surface area (Å²) in [5.74, 6) is 0. The van der Waals surface area contributed by atoms with Crippen LogP contribution in [0.4, 0.5) is 0 Å². The molecule has 0 aliphatic rings. The van der Waals surface area contributed by atoms with E-state index in [2.05, 4.69) is 47.8 Å². The van der Waals surface area contributed by atoms with Crippen LogP contribution in [0.25, 0.3) is 0 Å². The minimum absolute atomic E-state index is 0.843. The largest absolute Gasteiger partial charge is 0.313 e. The Hall–Kier alpha value is -1.61. The van der Waals surface area contributed by atoms with Gasteiger partial charge in [-0.15, -0.1) is 0 Å². The minimum Gasteiger partial charge on any atom is -0.313 e. The van der Waals surface area contributed by atoms with E-state index in [0.29, 0.717) is 0 Å². The Morgan fingerprint density at radius 2 is 2.00 bits per heavy atom. The fourth-order valence-corrected chi connectivity index (χ4v) is 1.89. The highest BCUT2D eigenvalue weighted by molar-refractivity contribution is 5.15. The van der Waals surface area contributed by atoms with Crippen LogP contribution in [0.5, 0.6) is 0 Å². The van der Waals surface area contributed by atoms with Gasteiger partial charge < -0.3 is 5.32 Å². The van der Waals surface area contributed by atoms with E-state index in [9.17, 15) is 0 Å². The zero-order valence-electron chi connectivity index (χ0n) is 11.0. The highest BCUT2D eigenvalue weighted by Crippen LogP contribution is 2.03. The van der Waals surface area contributed by atoms with Gasteiger partial charge >= 0.3 is 0 Å². The van der Waals surface area contributed by atoms with Crippen molar-refractivity contribution in [1.29, 1.82) is 0 Å². The maximum Gasteiger partial charge on any atom is 0.0659 e. The highest BCUT2D eigenvalue weighted by Gasteiger charge is 1.99. The summed E-state index contributed by atoms with van der Waals surface area (Å²) >= 11 is 0. The molecular formula is C15H21N3. The summed E-state index contributed by atoms with van der Waals surface area (Å²) in [4.78, 5) is 0. The second-order valence-electron chi connectivity index (χ2n) is 4.56. The van der Waals surface area contributed by atoms with E-state index in [1.807, 2.05) is 16.9 Å². The Morgan fingerprint density at radius 1 is 1.17 bits per heavy atom. The monoisotopic (exact) mass is 243 g/mol. The van der Waals surface area contributed by atoms with E-state index in [-0.39, 0.29) is 0 Å². The molecule has 1 N–H and O–H groups in total. The summed E-state index contributed by atoms with van der Waals surface area (Å²) in [5, 5.41) is 7.81. The van der Waals surface area contributed by atoms with Crippen LogP contribution >= 0.6 is 0 Å². The van der Waals surface area contributed by atoms with Crippen LogP contribution in [0.1, 0.15) is 30.9 Å². The van der Waals surface area contributed by atoms with Crippen LogP contribution in [0.2, 0.25) is 0 Å². The second kappa shape index (κ2) is 6.97. The predicted molar refractivity (Wildman–Crippen MR) is 74.4 cm³/mol. The molecule has 0 bridgehead atoms. The first kappa shape index (κ1) is 12.8. The number of benzene rings is 1. The molecule has 96 valence electrons. The summed E-state index contributed by atoms with van der Waals surface area (Å²) in [6.07, 6.45) is 6.53. The van der Waals surface area contributed by atoms with Gasteiger partial charge in [0.1, 0.15) is 0 Å². The van der Waals surface area contributed by atoms with Crippen LogP contribution in [-0.2, 0) is 13.1 Å².